The number of halogens is 4. The third-order valence-corrected chi connectivity index (χ3v) is 0.838. The maximum atomic E-state index is 11.5. The van der Waals surface area contributed by atoms with Crippen LogP contribution in [0.3, 0.4) is 0 Å². The first-order valence-electron chi connectivity index (χ1n) is 2.66. The third kappa shape index (κ3) is 3.64. The summed E-state index contributed by atoms with van der Waals surface area (Å²) < 4.78 is 50.2. The molecule has 0 fully saturated rings. The average Bonchev–Trinajstić information content (AvgIpc) is 1.87. The summed E-state index contributed by atoms with van der Waals surface area (Å²) >= 11 is 0. The minimum Gasteiger partial charge on any atom is -0.455 e. The van der Waals surface area contributed by atoms with E-state index in [1.165, 1.54) is 0 Å². The van der Waals surface area contributed by atoms with Crippen molar-refractivity contribution in [2.24, 2.45) is 0 Å². The Kier molecular flexibility index (Phi) is 3.64. The lowest BCUT2D eigenvalue weighted by Crippen LogP contribution is -1.88. The molecule has 0 amide bonds. The van der Waals surface area contributed by atoms with E-state index in [1.807, 2.05) is 0 Å². The number of hydrogen-bond donors (Lipinski definition) is 0. The van der Waals surface area contributed by atoms with Gasteiger partial charge in [-0.05, 0) is 13.8 Å². The summed E-state index contributed by atoms with van der Waals surface area (Å²) in [6, 6.07) is 0. The Bertz CT molecular complexity index is 177. The molecule has 0 spiro atoms. The van der Waals surface area contributed by atoms with Crippen molar-refractivity contribution in [2.75, 3.05) is 0 Å². The Hall–Kier alpha value is -1.00. The number of ether oxygens (including phenoxy) is 1. The molecule has 0 saturated heterocycles. The first-order chi connectivity index (χ1) is 4.95. The van der Waals surface area contributed by atoms with Gasteiger partial charge >= 0.3 is 12.2 Å². The Morgan fingerprint density at radius 2 is 1.09 bits per heavy atom. The normalized spacial score (nSPS) is 8.91. The lowest BCUT2D eigenvalue weighted by molar-refractivity contribution is 0.232. The SMILES string of the molecule is CC(OC(C)=C(F)F)=C(F)F. The van der Waals surface area contributed by atoms with Crippen molar-refractivity contribution in [1.82, 2.24) is 0 Å². The summed E-state index contributed by atoms with van der Waals surface area (Å²) in [6.07, 6.45) is -4.21. The molecule has 5 heteroatoms. The highest BCUT2D eigenvalue weighted by atomic mass is 19.3. The predicted octanol–water partition coefficient (Wildman–Crippen LogP) is 3.26. The second-order valence-corrected chi connectivity index (χ2v) is 1.74. The van der Waals surface area contributed by atoms with E-state index in [2.05, 4.69) is 4.74 Å². The van der Waals surface area contributed by atoms with Crippen LogP contribution in [0.25, 0.3) is 0 Å². The smallest absolute Gasteiger partial charge is 0.307 e. The van der Waals surface area contributed by atoms with Gasteiger partial charge < -0.3 is 4.74 Å². The molecule has 0 aromatic heterocycles. The van der Waals surface area contributed by atoms with Crippen molar-refractivity contribution in [2.45, 2.75) is 13.8 Å². The van der Waals surface area contributed by atoms with Crippen LogP contribution in [-0.4, -0.2) is 0 Å². The second kappa shape index (κ2) is 4.00. The fourth-order valence-corrected chi connectivity index (χ4v) is 0.307. The van der Waals surface area contributed by atoms with Gasteiger partial charge in [-0.3, -0.25) is 0 Å². The van der Waals surface area contributed by atoms with Gasteiger partial charge in [-0.25, -0.2) is 0 Å². The summed E-state index contributed by atoms with van der Waals surface area (Å²) in [4.78, 5) is 0. The quantitative estimate of drug-likeness (QED) is 0.456. The van der Waals surface area contributed by atoms with E-state index < -0.39 is 23.7 Å². The zero-order valence-corrected chi connectivity index (χ0v) is 5.92. The van der Waals surface area contributed by atoms with Crippen LogP contribution in [0, 0.1) is 0 Å². The summed E-state index contributed by atoms with van der Waals surface area (Å²) in [6.45, 7) is 1.81. The first kappa shape index (κ1) is 10.0. The van der Waals surface area contributed by atoms with Gasteiger partial charge in [0.1, 0.15) is 0 Å². The minimum absolute atomic E-state index is 0.810. The van der Waals surface area contributed by atoms with E-state index in [9.17, 15) is 17.6 Å². The maximum Gasteiger partial charge on any atom is 0.307 e. The molecule has 0 saturated carbocycles. The highest BCUT2D eigenvalue weighted by Crippen LogP contribution is 2.16. The Labute approximate surface area is 61.0 Å². The van der Waals surface area contributed by atoms with Crippen molar-refractivity contribution in [3.8, 4) is 0 Å². The van der Waals surface area contributed by atoms with Crippen LogP contribution in [0.1, 0.15) is 13.8 Å². The molecule has 0 aromatic rings. The Morgan fingerprint density at radius 3 is 1.27 bits per heavy atom. The van der Waals surface area contributed by atoms with Crippen LogP contribution in [0.4, 0.5) is 17.6 Å². The molecule has 0 radical (unpaired) electrons. The van der Waals surface area contributed by atoms with Gasteiger partial charge in [-0.2, -0.15) is 17.6 Å². The molecule has 0 atom stereocenters. The largest absolute Gasteiger partial charge is 0.455 e. The van der Waals surface area contributed by atoms with Crippen molar-refractivity contribution in [3.63, 3.8) is 0 Å². The van der Waals surface area contributed by atoms with Gasteiger partial charge in [0.25, 0.3) is 0 Å². The average molecular weight is 170 g/mol. The predicted molar refractivity (Wildman–Crippen MR) is 30.9 cm³/mol. The maximum absolute atomic E-state index is 11.5. The van der Waals surface area contributed by atoms with Crippen molar-refractivity contribution in [1.29, 1.82) is 0 Å². The molecule has 64 valence electrons. The fraction of sp³-hybridized carbons (Fsp3) is 0.333. The van der Waals surface area contributed by atoms with Crippen LogP contribution in [0.5, 0.6) is 0 Å². The zero-order valence-electron chi connectivity index (χ0n) is 5.92. The molecule has 0 aliphatic heterocycles. The lowest BCUT2D eigenvalue weighted by atomic mass is 10.6. The molecular weight excluding hydrogens is 164 g/mol. The van der Waals surface area contributed by atoms with Gasteiger partial charge in [0.15, 0.2) is 11.5 Å². The topological polar surface area (TPSA) is 9.23 Å². The van der Waals surface area contributed by atoms with Crippen molar-refractivity contribution >= 4 is 0 Å². The summed E-state index contributed by atoms with van der Waals surface area (Å²) in [5.74, 6) is -1.62. The van der Waals surface area contributed by atoms with E-state index >= 15 is 0 Å². The minimum atomic E-state index is -2.11. The number of allylic oxidation sites excluding steroid dienone is 2. The summed E-state index contributed by atoms with van der Waals surface area (Å²) in [7, 11) is 0. The molecule has 11 heavy (non-hydrogen) atoms. The molecule has 1 nitrogen and oxygen atoms in total. The van der Waals surface area contributed by atoms with Crippen molar-refractivity contribution < 1.29 is 22.3 Å². The molecule has 0 rings (SSSR count). The third-order valence-electron chi connectivity index (χ3n) is 0.838. The van der Waals surface area contributed by atoms with E-state index in [0.29, 0.717) is 0 Å². The van der Waals surface area contributed by atoms with Crippen LogP contribution in [-0.2, 0) is 4.74 Å². The van der Waals surface area contributed by atoms with Gasteiger partial charge in [0.2, 0.25) is 0 Å². The number of hydrogen-bond acceptors (Lipinski definition) is 1. The van der Waals surface area contributed by atoms with Crippen molar-refractivity contribution in [3.05, 3.63) is 23.7 Å². The molecular formula is C6H6F4O. The van der Waals surface area contributed by atoms with Gasteiger partial charge in [0.05, 0.1) is 0 Å². The van der Waals surface area contributed by atoms with Crippen LogP contribution in [0.2, 0.25) is 0 Å². The van der Waals surface area contributed by atoms with Crippen LogP contribution in [0.15, 0.2) is 23.7 Å². The fourth-order valence-electron chi connectivity index (χ4n) is 0.307. The van der Waals surface area contributed by atoms with Gasteiger partial charge in [-0.15, -0.1) is 0 Å². The highest BCUT2D eigenvalue weighted by Gasteiger charge is 2.05. The molecule has 0 aliphatic carbocycles. The van der Waals surface area contributed by atoms with E-state index in [1.54, 1.807) is 0 Å². The molecule has 0 heterocycles. The van der Waals surface area contributed by atoms with E-state index in [0.717, 1.165) is 13.8 Å². The summed E-state index contributed by atoms with van der Waals surface area (Å²) in [5.41, 5.74) is 0. The zero-order chi connectivity index (χ0) is 9.02. The molecule has 0 N–H and O–H groups in total. The molecule has 0 aromatic carbocycles. The van der Waals surface area contributed by atoms with E-state index in [-0.39, 0.29) is 0 Å². The number of rotatable bonds is 2. The second-order valence-electron chi connectivity index (χ2n) is 1.74. The molecule has 0 bridgehead atoms. The summed E-state index contributed by atoms with van der Waals surface area (Å²) in [5, 5.41) is 0. The van der Waals surface area contributed by atoms with Crippen LogP contribution >= 0.6 is 0 Å². The van der Waals surface area contributed by atoms with Gasteiger partial charge in [-0.1, -0.05) is 0 Å². The first-order valence-corrected chi connectivity index (χ1v) is 2.66. The van der Waals surface area contributed by atoms with Crippen LogP contribution < -0.4 is 0 Å². The van der Waals surface area contributed by atoms with E-state index in [4.69, 9.17) is 0 Å². The van der Waals surface area contributed by atoms with Gasteiger partial charge in [0, 0.05) is 0 Å². The Morgan fingerprint density at radius 1 is 0.818 bits per heavy atom. The highest BCUT2D eigenvalue weighted by molar-refractivity contribution is 4.97. The Balaban J connectivity index is 4.30. The standard InChI is InChI=1S/C6H6F4O/c1-3(5(7)8)11-4(2)6(9)10/h1-2H3. The molecule has 0 unspecified atom stereocenters. The molecule has 0 aliphatic rings. The monoisotopic (exact) mass is 170 g/mol. The lowest BCUT2D eigenvalue weighted by Gasteiger charge is -2.01.